The fourth-order valence-electron chi connectivity index (χ4n) is 1.10. The van der Waals surface area contributed by atoms with Crippen molar-refractivity contribution in [2.75, 3.05) is 12.8 Å². The molecule has 5 nitrogen and oxygen atoms in total. The fraction of sp³-hybridized carbons (Fsp3) is 0.111. The van der Waals surface area contributed by atoms with Crippen molar-refractivity contribution in [3.63, 3.8) is 0 Å². The van der Waals surface area contributed by atoms with Crippen LogP contribution < -0.4 is 5.73 Å². The Morgan fingerprint density at radius 2 is 2.00 bits per heavy atom. The van der Waals surface area contributed by atoms with E-state index in [1.54, 1.807) is 0 Å². The Bertz CT molecular complexity index is 473. The first-order valence-electron chi connectivity index (χ1n) is 3.99. The van der Waals surface area contributed by atoms with Crippen LogP contribution in [-0.4, -0.2) is 24.2 Å². The Morgan fingerprint density at radius 3 is 2.44 bits per heavy atom. The maximum atomic E-state index is 11.3. The van der Waals surface area contributed by atoms with E-state index in [0.717, 1.165) is 13.2 Å². The fourth-order valence-corrected chi connectivity index (χ4v) is 1.71. The monoisotopic (exact) mass is 263 g/mol. The van der Waals surface area contributed by atoms with Crippen LogP contribution in [0.2, 0.25) is 10.0 Å². The van der Waals surface area contributed by atoms with Crippen LogP contribution in [0.5, 0.6) is 0 Å². The molecule has 0 aliphatic rings. The van der Waals surface area contributed by atoms with Crippen LogP contribution in [0.15, 0.2) is 6.07 Å². The summed E-state index contributed by atoms with van der Waals surface area (Å²) in [4.78, 5) is 22.1. The van der Waals surface area contributed by atoms with Gasteiger partial charge in [-0.05, 0) is 6.07 Å². The van der Waals surface area contributed by atoms with Crippen LogP contribution in [0.3, 0.4) is 0 Å². The summed E-state index contributed by atoms with van der Waals surface area (Å²) in [5, 5.41) is 8.44. The third kappa shape index (κ3) is 2.05. The summed E-state index contributed by atoms with van der Waals surface area (Å²) in [5.41, 5.74) is 4.84. The number of nitrogen functional groups attached to an aromatic ring is 1. The van der Waals surface area contributed by atoms with Crippen molar-refractivity contribution < 1.29 is 19.4 Å². The number of anilines is 1. The molecule has 0 aromatic heterocycles. The van der Waals surface area contributed by atoms with Gasteiger partial charge in [-0.3, -0.25) is 0 Å². The summed E-state index contributed by atoms with van der Waals surface area (Å²) < 4.78 is 4.44. The summed E-state index contributed by atoms with van der Waals surface area (Å²) in [6.07, 6.45) is 0. The zero-order chi connectivity index (χ0) is 12.5. The van der Waals surface area contributed by atoms with E-state index < -0.39 is 11.9 Å². The van der Waals surface area contributed by atoms with Gasteiger partial charge in [0.1, 0.15) is 0 Å². The molecule has 0 saturated carbocycles. The molecule has 0 saturated heterocycles. The molecule has 0 aliphatic carbocycles. The predicted molar refractivity (Wildman–Crippen MR) is 59.2 cm³/mol. The average molecular weight is 264 g/mol. The summed E-state index contributed by atoms with van der Waals surface area (Å²) >= 11 is 11.5. The number of carboxylic acid groups (broad SMARTS) is 1. The van der Waals surface area contributed by atoms with E-state index in [9.17, 15) is 9.59 Å². The number of halogens is 2. The van der Waals surface area contributed by atoms with Gasteiger partial charge in [0.15, 0.2) is 0 Å². The zero-order valence-electron chi connectivity index (χ0n) is 8.08. The summed E-state index contributed by atoms with van der Waals surface area (Å²) in [6.45, 7) is 0. The highest BCUT2D eigenvalue weighted by atomic mass is 35.5. The molecule has 0 radical (unpaired) electrons. The van der Waals surface area contributed by atoms with E-state index in [1.807, 2.05) is 0 Å². The highest BCUT2D eigenvalue weighted by molar-refractivity contribution is 6.41. The van der Waals surface area contributed by atoms with E-state index >= 15 is 0 Å². The molecule has 0 fully saturated rings. The molecule has 0 heterocycles. The van der Waals surface area contributed by atoms with Gasteiger partial charge in [0.05, 0.1) is 34.0 Å². The molecule has 0 unspecified atom stereocenters. The number of ether oxygens (including phenoxy) is 1. The van der Waals surface area contributed by atoms with E-state index in [0.29, 0.717) is 0 Å². The molecular formula is C9H7Cl2NO4. The van der Waals surface area contributed by atoms with Gasteiger partial charge in [0, 0.05) is 0 Å². The van der Waals surface area contributed by atoms with Gasteiger partial charge in [-0.15, -0.1) is 0 Å². The smallest absolute Gasteiger partial charge is 0.340 e. The minimum absolute atomic E-state index is 0.122. The molecule has 0 bridgehead atoms. The number of carbonyl (C=O) groups excluding carboxylic acids is 1. The zero-order valence-corrected chi connectivity index (χ0v) is 9.59. The third-order valence-corrected chi connectivity index (χ3v) is 2.57. The highest BCUT2D eigenvalue weighted by Crippen LogP contribution is 2.33. The first kappa shape index (κ1) is 12.6. The second-order valence-electron chi connectivity index (χ2n) is 2.81. The lowest BCUT2D eigenvalue weighted by Gasteiger charge is -2.09. The normalized spacial score (nSPS) is 9.94. The number of nitrogens with two attached hydrogens (primary N) is 1. The molecular weight excluding hydrogens is 257 g/mol. The Labute approximate surface area is 101 Å². The number of hydrogen-bond donors (Lipinski definition) is 2. The second kappa shape index (κ2) is 4.59. The molecule has 1 aromatic rings. The number of rotatable bonds is 2. The largest absolute Gasteiger partial charge is 0.478 e. The average Bonchev–Trinajstić information content (AvgIpc) is 2.22. The number of benzene rings is 1. The van der Waals surface area contributed by atoms with Gasteiger partial charge in [-0.25, -0.2) is 9.59 Å². The minimum atomic E-state index is -1.28. The topological polar surface area (TPSA) is 89.6 Å². The van der Waals surface area contributed by atoms with Gasteiger partial charge in [0.2, 0.25) is 0 Å². The van der Waals surface area contributed by atoms with Crippen molar-refractivity contribution in [1.82, 2.24) is 0 Å². The molecule has 86 valence electrons. The SMILES string of the molecule is COC(=O)c1c(Cl)cc(C(=O)O)c(N)c1Cl. The first-order valence-corrected chi connectivity index (χ1v) is 4.74. The lowest BCUT2D eigenvalue weighted by Crippen LogP contribution is -2.09. The Hall–Kier alpha value is -1.46. The maximum Gasteiger partial charge on any atom is 0.340 e. The van der Waals surface area contributed by atoms with E-state index in [4.69, 9.17) is 34.0 Å². The molecule has 0 amide bonds. The van der Waals surface area contributed by atoms with E-state index in [2.05, 4.69) is 4.74 Å². The van der Waals surface area contributed by atoms with Crippen molar-refractivity contribution in [3.05, 3.63) is 27.2 Å². The molecule has 1 rings (SSSR count). The summed E-state index contributed by atoms with van der Waals surface area (Å²) in [7, 11) is 1.15. The van der Waals surface area contributed by atoms with Gasteiger partial charge >= 0.3 is 11.9 Å². The summed E-state index contributed by atoms with van der Waals surface area (Å²) in [5.74, 6) is -2.06. The van der Waals surface area contributed by atoms with Crippen LogP contribution in [0.25, 0.3) is 0 Å². The quantitative estimate of drug-likeness (QED) is 0.630. The summed E-state index contributed by atoms with van der Waals surface area (Å²) in [6, 6.07) is 1.05. The van der Waals surface area contributed by atoms with Crippen molar-refractivity contribution >= 4 is 40.8 Å². The standard InChI is InChI=1S/C9H7Cl2NO4/c1-16-9(15)5-4(10)2-3(8(13)14)7(12)6(5)11/h2H,12H2,1H3,(H,13,14). The third-order valence-electron chi connectivity index (χ3n) is 1.88. The van der Waals surface area contributed by atoms with Crippen LogP contribution >= 0.6 is 23.2 Å². The maximum absolute atomic E-state index is 11.3. The molecule has 7 heteroatoms. The number of carbonyl (C=O) groups is 2. The number of esters is 1. The van der Waals surface area contributed by atoms with Gasteiger partial charge in [-0.2, -0.15) is 0 Å². The minimum Gasteiger partial charge on any atom is -0.478 e. The Balaban J connectivity index is 3.52. The second-order valence-corrected chi connectivity index (χ2v) is 3.59. The number of carboxylic acids is 1. The van der Waals surface area contributed by atoms with Crippen LogP contribution in [0, 0.1) is 0 Å². The Kier molecular flexibility index (Phi) is 3.62. The van der Waals surface area contributed by atoms with Crippen molar-refractivity contribution in [1.29, 1.82) is 0 Å². The van der Waals surface area contributed by atoms with Crippen LogP contribution in [-0.2, 0) is 4.74 Å². The lowest BCUT2D eigenvalue weighted by molar-refractivity contribution is 0.0599. The predicted octanol–water partition coefficient (Wildman–Crippen LogP) is 2.06. The Morgan fingerprint density at radius 1 is 1.44 bits per heavy atom. The molecule has 0 spiro atoms. The molecule has 1 aromatic carbocycles. The van der Waals surface area contributed by atoms with Crippen LogP contribution in [0.4, 0.5) is 5.69 Å². The number of methoxy groups -OCH3 is 1. The van der Waals surface area contributed by atoms with E-state index in [-0.39, 0.29) is 26.9 Å². The molecule has 0 atom stereocenters. The van der Waals surface area contributed by atoms with Crippen molar-refractivity contribution in [2.24, 2.45) is 0 Å². The van der Waals surface area contributed by atoms with Crippen LogP contribution in [0.1, 0.15) is 20.7 Å². The van der Waals surface area contributed by atoms with Crippen molar-refractivity contribution in [3.8, 4) is 0 Å². The number of hydrogen-bond acceptors (Lipinski definition) is 4. The highest BCUT2D eigenvalue weighted by Gasteiger charge is 2.22. The lowest BCUT2D eigenvalue weighted by atomic mass is 10.1. The molecule has 16 heavy (non-hydrogen) atoms. The molecule has 0 aliphatic heterocycles. The molecule has 3 N–H and O–H groups in total. The van der Waals surface area contributed by atoms with Gasteiger partial charge in [-0.1, -0.05) is 23.2 Å². The van der Waals surface area contributed by atoms with Gasteiger partial charge < -0.3 is 15.6 Å². The van der Waals surface area contributed by atoms with Gasteiger partial charge in [0.25, 0.3) is 0 Å². The van der Waals surface area contributed by atoms with Crippen molar-refractivity contribution in [2.45, 2.75) is 0 Å². The van der Waals surface area contributed by atoms with E-state index in [1.165, 1.54) is 0 Å². The number of aromatic carboxylic acids is 1. The first-order chi connectivity index (χ1) is 7.40.